The summed E-state index contributed by atoms with van der Waals surface area (Å²) < 4.78 is 33.5. The highest BCUT2D eigenvalue weighted by Gasteiger charge is 2.24. The maximum atomic E-state index is 14.0. The summed E-state index contributed by atoms with van der Waals surface area (Å²) in [5.41, 5.74) is 5.94. The number of ether oxygens (including phenoxy) is 1. The Bertz CT molecular complexity index is 408. The van der Waals surface area contributed by atoms with E-state index in [1.807, 2.05) is 6.92 Å². The number of anilines is 1. The van der Waals surface area contributed by atoms with E-state index in [1.54, 1.807) is 4.90 Å². The van der Waals surface area contributed by atoms with E-state index < -0.39 is 11.6 Å². The molecule has 1 aromatic carbocycles. The molecular weight excluding hydrogens is 250 g/mol. The summed E-state index contributed by atoms with van der Waals surface area (Å²) in [4.78, 5) is 1.75. The first-order valence-corrected chi connectivity index (χ1v) is 6.70. The lowest BCUT2D eigenvalue weighted by molar-refractivity contribution is 0.0457. The van der Waals surface area contributed by atoms with Crippen LogP contribution in [0.25, 0.3) is 0 Å². The normalized spacial score (nSPS) is 16.9. The van der Waals surface area contributed by atoms with Crippen LogP contribution in [0.4, 0.5) is 14.5 Å². The van der Waals surface area contributed by atoms with E-state index in [9.17, 15) is 8.78 Å². The van der Waals surface area contributed by atoms with Crippen LogP contribution in [0.5, 0.6) is 0 Å². The lowest BCUT2D eigenvalue weighted by Crippen LogP contribution is -2.38. The van der Waals surface area contributed by atoms with Crippen molar-refractivity contribution in [3.05, 3.63) is 29.3 Å². The Labute approximate surface area is 112 Å². The molecule has 2 N–H and O–H groups in total. The molecule has 1 saturated heterocycles. The summed E-state index contributed by atoms with van der Waals surface area (Å²) >= 11 is 0. The van der Waals surface area contributed by atoms with Crippen molar-refractivity contribution in [2.45, 2.75) is 32.4 Å². The van der Waals surface area contributed by atoms with Crippen LogP contribution in [0.15, 0.2) is 12.1 Å². The number of rotatable bonds is 4. The monoisotopic (exact) mass is 270 g/mol. The molecule has 19 heavy (non-hydrogen) atoms. The molecule has 1 aromatic rings. The van der Waals surface area contributed by atoms with Crippen LogP contribution in [0.2, 0.25) is 0 Å². The number of benzene rings is 1. The van der Waals surface area contributed by atoms with E-state index in [1.165, 1.54) is 12.1 Å². The van der Waals surface area contributed by atoms with Gasteiger partial charge >= 0.3 is 0 Å². The summed E-state index contributed by atoms with van der Waals surface area (Å²) in [5, 5.41) is 0. The third-order valence-corrected chi connectivity index (χ3v) is 3.47. The van der Waals surface area contributed by atoms with Crippen LogP contribution in [-0.2, 0) is 11.3 Å². The zero-order valence-corrected chi connectivity index (χ0v) is 11.2. The van der Waals surface area contributed by atoms with Gasteiger partial charge in [0.2, 0.25) is 0 Å². The molecule has 0 atom stereocenters. The first-order valence-electron chi connectivity index (χ1n) is 6.70. The van der Waals surface area contributed by atoms with Gasteiger partial charge in [0.25, 0.3) is 0 Å². The topological polar surface area (TPSA) is 38.5 Å². The van der Waals surface area contributed by atoms with Gasteiger partial charge in [0.15, 0.2) is 0 Å². The number of piperidine rings is 1. The van der Waals surface area contributed by atoms with E-state index in [4.69, 9.17) is 10.5 Å². The van der Waals surface area contributed by atoms with Crippen LogP contribution in [0, 0.1) is 11.6 Å². The van der Waals surface area contributed by atoms with Gasteiger partial charge in [-0.05, 0) is 37.5 Å². The standard InChI is InChI=1S/C14H20F2N2O/c1-2-19-11-3-5-18(6-4-11)14-12(15)7-10(9-17)8-13(14)16/h7-8,11H,2-6,9,17H2,1H3. The fourth-order valence-corrected chi connectivity index (χ4v) is 2.52. The molecular formula is C14H20F2N2O. The van der Waals surface area contributed by atoms with Crippen molar-refractivity contribution in [3.8, 4) is 0 Å². The van der Waals surface area contributed by atoms with Crippen LogP contribution in [0.3, 0.4) is 0 Å². The summed E-state index contributed by atoms with van der Waals surface area (Å²) in [6.07, 6.45) is 1.80. The van der Waals surface area contributed by atoms with Gasteiger partial charge in [-0.25, -0.2) is 8.78 Å². The Balaban J connectivity index is 2.11. The molecule has 3 nitrogen and oxygen atoms in total. The highest BCUT2D eigenvalue weighted by molar-refractivity contribution is 5.51. The van der Waals surface area contributed by atoms with Crippen molar-refractivity contribution in [3.63, 3.8) is 0 Å². The first-order chi connectivity index (χ1) is 9.15. The van der Waals surface area contributed by atoms with E-state index in [0.717, 1.165) is 12.8 Å². The molecule has 0 amide bonds. The second-order valence-electron chi connectivity index (χ2n) is 4.75. The molecule has 1 heterocycles. The van der Waals surface area contributed by atoms with Gasteiger partial charge in [-0.2, -0.15) is 0 Å². The number of halogens is 2. The molecule has 0 aliphatic carbocycles. The van der Waals surface area contributed by atoms with Crippen LogP contribution >= 0.6 is 0 Å². The summed E-state index contributed by atoms with van der Waals surface area (Å²) in [6.45, 7) is 4.00. The van der Waals surface area contributed by atoms with Gasteiger partial charge in [-0.3, -0.25) is 0 Å². The van der Waals surface area contributed by atoms with Crippen LogP contribution in [-0.4, -0.2) is 25.8 Å². The summed E-state index contributed by atoms with van der Waals surface area (Å²) in [5.74, 6) is -1.06. The Morgan fingerprint density at radius 3 is 2.32 bits per heavy atom. The number of nitrogens with zero attached hydrogens (tertiary/aromatic N) is 1. The summed E-state index contributed by atoms with van der Waals surface area (Å²) in [7, 11) is 0. The van der Waals surface area contributed by atoms with Gasteiger partial charge in [0.05, 0.1) is 6.10 Å². The molecule has 1 aliphatic rings. The van der Waals surface area contributed by atoms with Gasteiger partial charge < -0.3 is 15.4 Å². The minimum atomic E-state index is -0.532. The third kappa shape index (κ3) is 3.22. The minimum Gasteiger partial charge on any atom is -0.378 e. The zero-order chi connectivity index (χ0) is 13.8. The smallest absolute Gasteiger partial charge is 0.149 e. The fraction of sp³-hybridized carbons (Fsp3) is 0.571. The average molecular weight is 270 g/mol. The maximum Gasteiger partial charge on any atom is 0.149 e. The van der Waals surface area contributed by atoms with Crippen molar-refractivity contribution in [1.82, 2.24) is 0 Å². The van der Waals surface area contributed by atoms with E-state index in [-0.39, 0.29) is 18.3 Å². The third-order valence-electron chi connectivity index (χ3n) is 3.47. The summed E-state index contributed by atoms with van der Waals surface area (Å²) in [6, 6.07) is 2.63. The van der Waals surface area contributed by atoms with Gasteiger partial charge in [0.1, 0.15) is 17.3 Å². The molecule has 5 heteroatoms. The van der Waals surface area contributed by atoms with Crippen molar-refractivity contribution in [2.24, 2.45) is 5.73 Å². The lowest BCUT2D eigenvalue weighted by Gasteiger charge is -2.33. The van der Waals surface area contributed by atoms with Crippen LogP contribution < -0.4 is 10.6 Å². The molecule has 0 unspecified atom stereocenters. The fourth-order valence-electron chi connectivity index (χ4n) is 2.52. The largest absolute Gasteiger partial charge is 0.378 e. The van der Waals surface area contributed by atoms with Crippen molar-refractivity contribution >= 4 is 5.69 Å². The molecule has 2 rings (SSSR count). The minimum absolute atomic E-state index is 0.0622. The highest BCUT2D eigenvalue weighted by Crippen LogP contribution is 2.28. The molecule has 1 aliphatic heterocycles. The SMILES string of the molecule is CCOC1CCN(c2c(F)cc(CN)cc2F)CC1. The quantitative estimate of drug-likeness (QED) is 0.913. The van der Waals surface area contributed by atoms with Crippen molar-refractivity contribution < 1.29 is 13.5 Å². The Morgan fingerprint density at radius 2 is 1.84 bits per heavy atom. The first kappa shape index (κ1) is 14.2. The second kappa shape index (κ2) is 6.30. The number of hydrogen-bond donors (Lipinski definition) is 1. The second-order valence-corrected chi connectivity index (χ2v) is 4.75. The molecule has 0 saturated carbocycles. The van der Waals surface area contributed by atoms with Crippen LogP contribution in [0.1, 0.15) is 25.3 Å². The maximum absolute atomic E-state index is 14.0. The Morgan fingerprint density at radius 1 is 1.26 bits per heavy atom. The molecule has 106 valence electrons. The Kier molecular flexibility index (Phi) is 4.71. The molecule has 0 radical (unpaired) electrons. The van der Waals surface area contributed by atoms with Crippen molar-refractivity contribution in [2.75, 3.05) is 24.6 Å². The molecule has 0 spiro atoms. The van der Waals surface area contributed by atoms with Gasteiger partial charge in [0, 0.05) is 26.2 Å². The van der Waals surface area contributed by atoms with E-state index in [0.29, 0.717) is 25.3 Å². The van der Waals surface area contributed by atoms with Gasteiger partial charge in [-0.1, -0.05) is 0 Å². The zero-order valence-electron chi connectivity index (χ0n) is 11.2. The number of hydrogen-bond acceptors (Lipinski definition) is 3. The molecule has 0 aromatic heterocycles. The van der Waals surface area contributed by atoms with E-state index in [2.05, 4.69) is 0 Å². The predicted molar refractivity (Wildman–Crippen MR) is 71.1 cm³/mol. The Hall–Kier alpha value is -1.20. The number of nitrogens with two attached hydrogens (primary N) is 1. The average Bonchev–Trinajstić information content (AvgIpc) is 2.40. The van der Waals surface area contributed by atoms with E-state index >= 15 is 0 Å². The lowest BCUT2D eigenvalue weighted by atomic mass is 10.1. The molecule has 1 fully saturated rings. The van der Waals surface area contributed by atoms with Gasteiger partial charge in [-0.15, -0.1) is 0 Å². The highest BCUT2D eigenvalue weighted by atomic mass is 19.1. The molecule has 0 bridgehead atoms. The van der Waals surface area contributed by atoms with Crippen molar-refractivity contribution in [1.29, 1.82) is 0 Å². The predicted octanol–water partition coefficient (Wildman–Crippen LogP) is 2.43.